The van der Waals surface area contributed by atoms with Crippen LogP contribution in [0.5, 0.6) is 5.75 Å². The van der Waals surface area contributed by atoms with Crippen LogP contribution in [0.4, 0.5) is 5.82 Å². The number of carbonyl (C=O) groups is 2. The monoisotopic (exact) mass is 508 g/mol. The van der Waals surface area contributed by atoms with Crippen molar-refractivity contribution in [2.24, 2.45) is 0 Å². The van der Waals surface area contributed by atoms with Crippen LogP contribution >= 0.6 is 0 Å². The molecule has 0 radical (unpaired) electrons. The molecule has 198 valence electrons. The minimum Gasteiger partial charge on any atom is -0.497 e. The third kappa shape index (κ3) is 8.16. The summed E-state index contributed by atoms with van der Waals surface area (Å²) < 4.78 is 17.7. The lowest BCUT2D eigenvalue weighted by Crippen LogP contribution is -2.42. The fraction of sp³-hybridized carbons (Fsp3) is 0.393. The van der Waals surface area contributed by atoms with Crippen molar-refractivity contribution in [1.82, 2.24) is 14.7 Å². The first-order chi connectivity index (χ1) is 17.7. The highest BCUT2D eigenvalue weighted by atomic mass is 16.5. The van der Waals surface area contributed by atoms with E-state index in [2.05, 4.69) is 26.1 Å². The van der Waals surface area contributed by atoms with Gasteiger partial charge < -0.3 is 24.4 Å². The van der Waals surface area contributed by atoms with E-state index in [1.54, 1.807) is 18.9 Å². The maximum atomic E-state index is 13.1. The largest absolute Gasteiger partial charge is 0.497 e. The van der Waals surface area contributed by atoms with E-state index >= 15 is 0 Å². The molecule has 0 bridgehead atoms. The molecule has 37 heavy (non-hydrogen) atoms. The molecule has 3 rings (SSSR count). The topological polar surface area (TPSA) is 94.9 Å². The average molecular weight is 509 g/mol. The van der Waals surface area contributed by atoms with Crippen LogP contribution in [0.25, 0.3) is 5.69 Å². The first-order valence-corrected chi connectivity index (χ1v) is 12.1. The van der Waals surface area contributed by atoms with Crippen LogP contribution in [0.2, 0.25) is 0 Å². The van der Waals surface area contributed by atoms with Crippen molar-refractivity contribution in [1.29, 1.82) is 0 Å². The van der Waals surface area contributed by atoms with Crippen LogP contribution in [-0.2, 0) is 31.1 Å². The third-order valence-electron chi connectivity index (χ3n) is 5.65. The van der Waals surface area contributed by atoms with Crippen molar-refractivity contribution in [3.05, 3.63) is 71.9 Å². The summed E-state index contributed by atoms with van der Waals surface area (Å²) in [5.41, 5.74) is 2.33. The smallest absolute Gasteiger partial charge is 0.249 e. The molecule has 2 amide bonds. The Morgan fingerprint density at radius 1 is 1.03 bits per heavy atom. The number of rotatable bonds is 12. The first kappa shape index (κ1) is 27.9. The van der Waals surface area contributed by atoms with Gasteiger partial charge in [-0.2, -0.15) is 5.10 Å². The summed E-state index contributed by atoms with van der Waals surface area (Å²) in [6.07, 6.45) is 0. The van der Waals surface area contributed by atoms with Gasteiger partial charge in [-0.15, -0.1) is 0 Å². The molecule has 0 saturated heterocycles. The summed E-state index contributed by atoms with van der Waals surface area (Å²) in [5.74, 6) is 0.601. The van der Waals surface area contributed by atoms with E-state index in [4.69, 9.17) is 19.3 Å². The van der Waals surface area contributed by atoms with E-state index in [0.717, 1.165) is 22.7 Å². The van der Waals surface area contributed by atoms with Gasteiger partial charge >= 0.3 is 0 Å². The third-order valence-corrected chi connectivity index (χ3v) is 5.65. The van der Waals surface area contributed by atoms with Crippen LogP contribution in [0.3, 0.4) is 0 Å². The van der Waals surface area contributed by atoms with Crippen molar-refractivity contribution in [3.8, 4) is 11.4 Å². The highest BCUT2D eigenvalue weighted by Crippen LogP contribution is 2.27. The predicted molar refractivity (Wildman–Crippen MR) is 142 cm³/mol. The Kier molecular flexibility index (Phi) is 9.82. The standard InChI is InChI=1S/C28H36N4O5/c1-28(2,3)24-17-25(32(30-24)22-11-13-23(36-5)14-12-22)29-26(33)18-31(15-16-35-4)27(34)20-37-19-21-9-7-6-8-10-21/h6-14,17H,15-16,18-20H2,1-5H3,(H,29,33). The molecule has 3 aromatic rings. The highest BCUT2D eigenvalue weighted by Gasteiger charge is 2.23. The number of carbonyl (C=O) groups excluding carboxylic acids is 2. The van der Waals surface area contributed by atoms with E-state index in [1.165, 1.54) is 4.90 Å². The summed E-state index contributed by atoms with van der Waals surface area (Å²) >= 11 is 0. The van der Waals surface area contributed by atoms with Crippen LogP contribution < -0.4 is 10.1 Å². The number of methoxy groups -OCH3 is 2. The maximum Gasteiger partial charge on any atom is 0.249 e. The quantitative estimate of drug-likeness (QED) is 0.400. The molecule has 2 aromatic carbocycles. The van der Waals surface area contributed by atoms with Gasteiger partial charge in [0, 0.05) is 25.1 Å². The van der Waals surface area contributed by atoms with Gasteiger partial charge in [0.25, 0.3) is 0 Å². The zero-order valence-electron chi connectivity index (χ0n) is 22.2. The lowest BCUT2D eigenvalue weighted by atomic mass is 9.92. The van der Waals surface area contributed by atoms with Crippen molar-refractivity contribution < 1.29 is 23.8 Å². The molecule has 9 heteroatoms. The highest BCUT2D eigenvalue weighted by molar-refractivity contribution is 5.94. The number of hydrogen-bond acceptors (Lipinski definition) is 6. The Hall–Kier alpha value is -3.69. The summed E-state index contributed by atoms with van der Waals surface area (Å²) in [6.45, 7) is 6.77. The summed E-state index contributed by atoms with van der Waals surface area (Å²) in [5, 5.41) is 7.66. The van der Waals surface area contributed by atoms with Crippen molar-refractivity contribution >= 4 is 17.6 Å². The Morgan fingerprint density at radius 3 is 2.35 bits per heavy atom. The lowest BCUT2D eigenvalue weighted by molar-refractivity contribution is -0.139. The van der Waals surface area contributed by atoms with Crippen LogP contribution in [-0.4, -0.2) is 67.0 Å². The number of amides is 2. The molecule has 0 unspecified atom stereocenters. The first-order valence-electron chi connectivity index (χ1n) is 12.1. The Morgan fingerprint density at radius 2 is 1.73 bits per heavy atom. The number of aromatic nitrogens is 2. The summed E-state index contributed by atoms with van der Waals surface area (Å²) in [7, 11) is 3.16. The molecule has 0 aliphatic carbocycles. The Labute approximate surface area is 218 Å². The lowest BCUT2D eigenvalue weighted by Gasteiger charge is -2.22. The molecule has 0 aliphatic rings. The molecule has 9 nitrogen and oxygen atoms in total. The second-order valence-corrected chi connectivity index (χ2v) is 9.61. The van der Waals surface area contributed by atoms with Gasteiger partial charge in [-0.1, -0.05) is 51.1 Å². The van der Waals surface area contributed by atoms with Crippen molar-refractivity contribution in [2.45, 2.75) is 32.8 Å². The Balaban J connectivity index is 1.71. The van der Waals surface area contributed by atoms with Gasteiger partial charge in [-0.25, -0.2) is 4.68 Å². The summed E-state index contributed by atoms with van der Waals surface area (Å²) in [4.78, 5) is 27.4. The van der Waals surface area contributed by atoms with Crippen molar-refractivity contribution in [2.75, 3.05) is 45.8 Å². The van der Waals surface area contributed by atoms with E-state index in [-0.39, 0.29) is 36.9 Å². The number of ether oxygens (including phenoxy) is 3. The van der Waals surface area contributed by atoms with Crippen LogP contribution in [0.1, 0.15) is 32.0 Å². The van der Waals surface area contributed by atoms with Gasteiger partial charge in [-0.05, 0) is 29.8 Å². The predicted octanol–water partition coefficient (Wildman–Crippen LogP) is 3.81. The minimum absolute atomic E-state index is 0.135. The number of hydrogen-bond donors (Lipinski definition) is 1. The Bertz CT molecular complexity index is 1150. The van der Waals surface area contributed by atoms with E-state index in [1.807, 2.05) is 60.7 Å². The van der Waals surface area contributed by atoms with Gasteiger partial charge in [0.15, 0.2) is 0 Å². The minimum atomic E-state index is -0.345. The normalized spacial score (nSPS) is 11.3. The molecule has 1 heterocycles. The number of anilines is 1. The van der Waals surface area contributed by atoms with Crippen molar-refractivity contribution in [3.63, 3.8) is 0 Å². The molecule has 1 aromatic heterocycles. The van der Waals surface area contributed by atoms with Crippen LogP contribution in [0.15, 0.2) is 60.7 Å². The zero-order chi connectivity index (χ0) is 26.8. The average Bonchev–Trinajstić information content (AvgIpc) is 3.31. The van der Waals surface area contributed by atoms with E-state index in [9.17, 15) is 9.59 Å². The fourth-order valence-electron chi connectivity index (χ4n) is 3.53. The maximum absolute atomic E-state index is 13.1. The second-order valence-electron chi connectivity index (χ2n) is 9.61. The molecule has 0 spiro atoms. The fourth-order valence-corrected chi connectivity index (χ4v) is 3.53. The SMILES string of the molecule is COCCN(CC(=O)Nc1cc(C(C)(C)C)nn1-c1ccc(OC)cc1)C(=O)COCc1ccccc1. The number of nitrogens with one attached hydrogen (secondary N) is 1. The molecular formula is C28H36N4O5. The zero-order valence-corrected chi connectivity index (χ0v) is 22.2. The molecule has 0 atom stereocenters. The van der Waals surface area contributed by atoms with Gasteiger partial charge in [-0.3, -0.25) is 9.59 Å². The molecule has 0 aliphatic heterocycles. The van der Waals surface area contributed by atoms with E-state index in [0.29, 0.717) is 19.0 Å². The number of benzene rings is 2. The molecule has 1 N–H and O–H groups in total. The van der Waals surface area contributed by atoms with Gasteiger partial charge in [0.1, 0.15) is 24.7 Å². The molecule has 0 saturated carbocycles. The molecular weight excluding hydrogens is 472 g/mol. The molecule has 0 fully saturated rings. The van der Waals surface area contributed by atoms with E-state index < -0.39 is 0 Å². The number of nitrogens with zero attached hydrogens (tertiary/aromatic N) is 3. The van der Waals surface area contributed by atoms with Gasteiger partial charge in [0.05, 0.1) is 31.7 Å². The summed E-state index contributed by atoms with van der Waals surface area (Å²) in [6, 6.07) is 18.9. The second kappa shape index (κ2) is 13.0. The van der Waals surface area contributed by atoms with Gasteiger partial charge in [0.2, 0.25) is 11.8 Å². The van der Waals surface area contributed by atoms with Crippen LogP contribution in [0, 0.1) is 0 Å².